The molecule has 0 heterocycles. The van der Waals surface area contributed by atoms with Crippen LogP contribution in [0.3, 0.4) is 0 Å². The van der Waals surface area contributed by atoms with Crippen molar-refractivity contribution in [1.29, 1.82) is 0 Å². The average molecular weight is 280 g/mol. The third-order valence-corrected chi connectivity index (χ3v) is 4.21. The summed E-state index contributed by atoms with van der Waals surface area (Å²) in [7, 11) is 0. The van der Waals surface area contributed by atoms with Crippen LogP contribution in [0, 0.1) is 11.8 Å². The van der Waals surface area contributed by atoms with Crippen LogP contribution in [0.1, 0.15) is 24.8 Å². The van der Waals surface area contributed by atoms with E-state index in [1.807, 2.05) is 12.1 Å². The number of hydrogen-bond donors (Lipinski definition) is 2. The molecule has 1 amide bonds. The first-order valence-corrected chi connectivity index (χ1v) is 6.70. The van der Waals surface area contributed by atoms with E-state index in [0.717, 1.165) is 18.4 Å². The molecular weight excluding hydrogens is 266 g/mol. The molecule has 0 bridgehead atoms. The minimum absolute atomic E-state index is 0.139. The van der Waals surface area contributed by atoms with Crippen molar-refractivity contribution < 1.29 is 14.7 Å². The van der Waals surface area contributed by atoms with Gasteiger partial charge in [-0.15, -0.1) is 0 Å². The highest BCUT2D eigenvalue weighted by Gasteiger charge is 2.53. The predicted octanol–water partition coefficient (Wildman–Crippen LogP) is 2.17. The number of carbonyl (C=O) groups is 2. The topological polar surface area (TPSA) is 66.4 Å². The quantitative estimate of drug-likeness (QED) is 0.888. The molecule has 1 aromatic rings. The summed E-state index contributed by atoms with van der Waals surface area (Å²) in [6.07, 6.45) is 2.24. The number of benzene rings is 1. The zero-order valence-electron chi connectivity index (χ0n) is 10.2. The monoisotopic (exact) mass is 279 g/mol. The van der Waals surface area contributed by atoms with Crippen molar-refractivity contribution >= 4 is 23.5 Å². The maximum atomic E-state index is 12.0. The highest BCUT2D eigenvalue weighted by molar-refractivity contribution is 6.30. The Bertz CT molecular complexity index is 536. The van der Waals surface area contributed by atoms with Crippen molar-refractivity contribution in [3.8, 4) is 0 Å². The van der Waals surface area contributed by atoms with E-state index < -0.39 is 11.9 Å². The Kier molecular flexibility index (Phi) is 2.78. The Morgan fingerprint density at radius 1 is 1.21 bits per heavy atom. The lowest BCUT2D eigenvalue weighted by atomic mass is 10.0. The lowest BCUT2D eigenvalue weighted by Crippen LogP contribution is -2.36. The van der Waals surface area contributed by atoms with Crippen molar-refractivity contribution in [1.82, 2.24) is 5.32 Å². The van der Waals surface area contributed by atoms with Crippen LogP contribution in [0.25, 0.3) is 0 Å². The molecule has 2 aliphatic rings. The second-order valence-electron chi connectivity index (χ2n) is 5.37. The second-order valence-corrected chi connectivity index (χ2v) is 5.80. The summed E-state index contributed by atoms with van der Waals surface area (Å²) in [5.41, 5.74) is 0.741. The number of nitrogens with one attached hydrogen (secondary N) is 1. The maximum Gasteiger partial charge on any atom is 0.307 e. The first-order valence-electron chi connectivity index (χ1n) is 6.33. The van der Waals surface area contributed by atoms with Crippen LogP contribution in [0.5, 0.6) is 0 Å². The Morgan fingerprint density at radius 3 is 2.32 bits per heavy atom. The van der Waals surface area contributed by atoms with Gasteiger partial charge in [0.2, 0.25) is 5.91 Å². The van der Waals surface area contributed by atoms with E-state index in [-0.39, 0.29) is 17.4 Å². The molecule has 19 heavy (non-hydrogen) atoms. The number of carbonyl (C=O) groups excluding carboxylic acids is 1. The number of halogens is 1. The molecule has 2 fully saturated rings. The number of carboxylic acids is 1. The molecule has 0 aromatic heterocycles. The van der Waals surface area contributed by atoms with E-state index in [1.54, 1.807) is 12.1 Å². The molecule has 2 atom stereocenters. The number of hydrogen-bond acceptors (Lipinski definition) is 2. The van der Waals surface area contributed by atoms with Gasteiger partial charge in [0.15, 0.2) is 0 Å². The molecule has 4 nitrogen and oxygen atoms in total. The van der Waals surface area contributed by atoms with E-state index in [0.29, 0.717) is 11.4 Å². The van der Waals surface area contributed by atoms with Gasteiger partial charge in [-0.3, -0.25) is 9.59 Å². The fourth-order valence-corrected chi connectivity index (χ4v) is 2.59. The van der Waals surface area contributed by atoms with Gasteiger partial charge in [0.25, 0.3) is 0 Å². The molecule has 2 aliphatic carbocycles. The van der Waals surface area contributed by atoms with Crippen LogP contribution in [0.4, 0.5) is 0 Å². The zero-order valence-corrected chi connectivity index (χ0v) is 11.0. The van der Waals surface area contributed by atoms with Gasteiger partial charge in [-0.05, 0) is 37.0 Å². The Labute approximate surface area is 115 Å². The Hall–Kier alpha value is -1.55. The summed E-state index contributed by atoms with van der Waals surface area (Å²) in [4.78, 5) is 22.8. The van der Waals surface area contributed by atoms with Crippen LogP contribution in [-0.2, 0) is 15.1 Å². The molecule has 0 radical (unpaired) electrons. The van der Waals surface area contributed by atoms with E-state index in [2.05, 4.69) is 5.32 Å². The molecular formula is C14H14ClNO3. The van der Waals surface area contributed by atoms with Crippen molar-refractivity contribution in [2.45, 2.75) is 24.8 Å². The smallest absolute Gasteiger partial charge is 0.307 e. The second kappa shape index (κ2) is 4.23. The average Bonchev–Trinajstić information content (AvgIpc) is 3.24. The fraction of sp³-hybridized carbons (Fsp3) is 0.429. The summed E-state index contributed by atoms with van der Waals surface area (Å²) in [5, 5.41) is 12.5. The van der Waals surface area contributed by atoms with E-state index in [4.69, 9.17) is 16.7 Å². The van der Waals surface area contributed by atoms with Crippen LogP contribution in [0.2, 0.25) is 5.02 Å². The number of carboxylic acid groups (broad SMARTS) is 1. The van der Waals surface area contributed by atoms with Gasteiger partial charge in [0, 0.05) is 5.02 Å². The Balaban J connectivity index is 1.68. The van der Waals surface area contributed by atoms with Gasteiger partial charge in [-0.1, -0.05) is 23.7 Å². The Morgan fingerprint density at radius 2 is 1.84 bits per heavy atom. The first-order chi connectivity index (χ1) is 9.02. The molecule has 1 aromatic carbocycles. The first kappa shape index (κ1) is 12.5. The van der Waals surface area contributed by atoms with Crippen molar-refractivity contribution in [2.75, 3.05) is 0 Å². The molecule has 0 saturated heterocycles. The van der Waals surface area contributed by atoms with Gasteiger partial charge in [-0.25, -0.2) is 0 Å². The number of aliphatic carboxylic acids is 1. The lowest BCUT2D eigenvalue weighted by Gasteiger charge is -2.18. The maximum absolute atomic E-state index is 12.0. The van der Waals surface area contributed by atoms with Crippen LogP contribution in [0.15, 0.2) is 24.3 Å². The molecule has 3 rings (SSSR count). The van der Waals surface area contributed by atoms with Crippen LogP contribution < -0.4 is 5.32 Å². The predicted molar refractivity (Wildman–Crippen MR) is 69.7 cm³/mol. The number of amides is 1. The third-order valence-electron chi connectivity index (χ3n) is 3.95. The third kappa shape index (κ3) is 2.32. The summed E-state index contributed by atoms with van der Waals surface area (Å²) >= 11 is 5.85. The molecule has 0 aliphatic heterocycles. The molecule has 100 valence electrons. The van der Waals surface area contributed by atoms with Gasteiger partial charge in [0.05, 0.1) is 17.4 Å². The molecule has 0 spiro atoms. The van der Waals surface area contributed by atoms with Crippen molar-refractivity contribution in [2.24, 2.45) is 11.8 Å². The summed E-state index contributed by atoms with van der Waals surface area (Å²) < 4.78 is 0. The number of rotatable bonds is 4. The molecule has 5 heteroatoms. The highest BCUT2D eigenvalue weighted by Crippen LogP contribution is 2.47. The normalized spacial score (nSPS) is 26.6. The SMILES string of the molecule is O=C(NC1(c2ccc(Cl)cc2)CC1)[C@H]1C[C@H]1C(=O)O. The van der Waals surface area contributed by atoms with Crippen molar-refractivity contribution in [3.63, 3.8) is 0 Å². The molecule has 2 saturated carbocycles. The lowest BCUT2D eigenvalue weighted by molar-refractivity contribution is -0.140. The largest absolute Gasteiger partial charge is 0.481 e. The van der Waals surface area contributed by atoms with E-state index >= 15 is 0 Å². The standard InChI is InChI=1S/C14H14ClNO3/c15-9-3-1-8(2-4-9)14(5-6-14)16-12(17)10-7-11(10)13(18)19/h1-4,10-11H,5-7H2,(H,16,17)(H,18,19)/t10-,11+/m0/s1. The summed E-state index contributed by atoms with van der Waals surface area (Å²) in [5.74, 6) is -1.88. The zero-order chi connectivity index (χ0) is 13.6. The van der Waals surface area contributed by atoms with E-state index in [1.165, 1.54) is 0 Å². The summed E-state index contributed by atoms with van der Waals surface area (Å²) in [6, 6.07) is 7.44. The summed E-state index contributed by atoms with van der Waals surface area (Å²) in [6.45, 7) is 0. The highest BCUT2D eigenvalue weighted by atomic mass is 35.5. The minimum atomic E-state index is -0.878. The van der Waals surface area contributed by atoms with E-state index in [9.17, 15) is 9.59 Å². The van der Waals surface area contributed by atoms with Crippen LogP contribution >= 0.6 is 11.6 Å². The molecule has 2 N–H and O–H groups in total. The van der Waals surface area contributed by atoms with Crippen molar-refractivity contribution in [3.05, 3.63) is 34.9 Å². The minimum Gasteiger partial charge on any atom is -0.481 e. The van der Waals surface area contributed by atoms with Crippen LogP contribution in [-0.4, -0.2) is 17.0 Å². The fourth-order valence-electron chi connectivity index (χ4n) is 2.47. The van der Waals surface area contributed by atoms with Gasteiger partial charge in [0.1, 0.15) is 0 Å². The van der Waals surface area contributed by atoms with Gasteiger partial charge >= 0.3 is 5.97 Å². The van der Waals surface area contributed by atoms with Gasteiger partial charge in [-0.2, -0.15) is 0 Å². The molecule has 0 unspecified atom stereocenters. The van der Waals surface area contributed by atoms with Gasteiger partial charge < -0.3 is 10.4 Å².